The van der Waals surface area contributed by atoms with Gasteiger partial charge in [0.15, 0.2) is 0 Å². The molecular weight excluding hydrogens is 273 g/mol. The lowest BCUT2D eigenvalue weighted by atomic mass is 10.2. The van der Waals surface area contributed by atoms with Crippen LogP contribution in [0.25, 0.3) is 0 Å². The van der Waals surface area contributed by atoms with Crippen LogP contribution in [0.5, 0.6) is 0 Å². The fourth-order valence-corrected chi connectivity index (χ4v) is 2.36. The van der Waals surface area contributed by atoms with Crippen molar-refractivity contribution in [2.45, 2.75) is 25.0 Å². The molecule has 1 saturated heterocycles. The van der Waals surface area contributed by atoms with Gasteiger partial charge in [-0.1, -0.05) is 6.07 Å². The Balaban J connectivity index is 1.72. The van der Waals surface area contributed by atoms with Gasteiger partial charge in [-0.3, -0.25) is 4.79 Å². The first kappa shape index (κ1) is 14.3. The van der Waals surface area contributed by atoms with E-state index in [4.69, 9.17) is 4.74 Å². The predicted octanol–water partition coefficient (Wildman–Crippen LogP) is 1.67. The average Bonchev–Trinajstić information content (AvgIpc) is 3.26. The van der Waals surface area contributed by atoms with Crippen molar-refractivity contribution in [3.63, 3.8) is 0 Å². The van der Waals surface area contributed by atoms with Gasteiger partial charge in [-0.25, -0.2) is 4.39 Å². The minimum absolute atomic E-state index is 0.214. The zero-order valence-corrected chi connectivity index (χ0v) is 12.1. The molecule has 5 nitrogen and oxygen atoms in total. The van der Waals surface area contributed by atoms with Crippen LogP contribution in [-0.4, -0.2) is 49.7 Å². The summed E-state index contributed by atoms with van der Waals surface area (Å²) in [5, 5.41) is 5.91. The second kappa shape index (κ2) is 5.99. The van der Waals surface area contributed by atoms with Gasteiger partial charge in [0, 0.05) is 19.1 Å². The zero-order chi connectivity index (χ0) is 14.8. The molecule has 2 aliphatic rings. The number of rotatable bonds is 4. The molecule has 1 aliphatic carbocycles. The van der Waals surface area contributed by atoms with Gasteiger partial charge in [0.05, 0.1) is 12.3 Å². The lowest BCUT2D eigenvalue weighted by molar-refractivity contribution is -0.132. The van der Waals surface area contributed by atoms with E-state index in [1.165, 1.54) is 6.07 Å². The topological polar surface area (TPSA) is 53.6 Å². The first-order chi connectivity index (χ1) is 10.1. The second-order valence-electron chi connectivity index (χ2n) is 5.69. The molecule has 1 atom stereocenters. The van der Waals surface area contributed by atoms with E-state index in [-0.39, 0.29) is 11.6 Å². The average molecular weight is 293 g/mol. The molecule has 1 heterocycles. The molecule has 0 radical (unpaired) electrons. The van der Waals surface area contributed by atoms with E-state index in [1.807, 2.05) is 11.9 Å². The fourth-order valence-electron chi connectivity index (χ4n) is 2.36. The Morgan fingerprint density at radius 1 is 1.43 bits per heavy atom. The van der Waals surface area contributed by atoms with Crippen LogP contribution in [0.15, 0.2) is 18.2 Å². The van der Waals surface area contributed by atoms with Crippen LogP contribution < -0.4 is 10.6 Å². The first-order valence-electron chi connectivity index (χ1n) is 7.29. The number of carbonyl (C=O) groups excluding carboxylic acids is 1. The number of ether oxygens (including phenoxy) is 1. The molecule has 21 heavy (non-hydrogen) atoms. The summed E-state index contributed by atoms with van der Waals surface area (Å²) < 4.78 is 19.5. The summed E-state index contributed by atoms with van der Waals surface area (Å²) in [4.78, 5) is 14.3. The molecule has 1 aromatic rings. The number of para-hydroxylation sites is 1. The molecule has 3 rings (SSSR count). The van der Waals surface area contributed by atoms with E-state index in [9.17, 15) is 9.18 Å². The van der Waals surface area contributed by atoms with Crippen molar-refractivity contribution in [3.05, 3.63) is 24.0 Å². The Labute approximate surface area is 123 Å². The summed E-state index contributed by atoms with van der Waals surface area (Å²) in [6, 6.07) is 5.16. The third-order valence-electron chi connectivity index (χ3n) is 3.76. The maximum Gasteiger partial charge on any atom is 0.254 e. The standard InChI is InChI=1S/C15H20FN3O2/c1-19-7-8-21-13(9-19)15(20)18-14-11(16)3-2-4-12(14)17-10-5-6-10/h2-4,10,13,17H,5-9H2,1H3,(H,18,20)/t13-/m0/s1. The first-order valence-corrected chi connectivity index (χ1v) is 7.29. The Kier molecular flexibility index (Phi) is 4.07. The molecule has 6 heteroatoms. The number of amides is 1. The minimum atomic E-state index is -0.558. The maximum atomic E-state index is 14.0. The summed E-state index contributed by atoms with van der Waals surface area (Å²) in [5.41, 5.74) is 0.848. The highest BCUT2D eigenvalue weighted by Gasteiger charge is 2.27. The maximum absolute atomic E-state index is 14.0. The van der Waals surface area contributed by atoms with Gasteiger partial charge >= 0.3 is 0 Å². The van der Waals surface area contributed by atoms with E-state index in [0.29, 0.717) is 24.9 Å². The normalized spacial score (nSPS) is 22.9. The molecule has 2 N–H and O–H groups in total. The Bertz CT molecular complexity index is 534. The highest BCUT2D eigenvalue weighted by molar-refractivity contribution is 5.97. The molecule has 0 spiro atoms. The number of nitrogens with one attached hydrogen (secondary N) is 2. The van der Waals surface area contributed by atoms with Crippen molar-refractivity contribution < 1.29 is 13.9 Å². The highest BCUT2D eigenvalue weighted by atomic mass is 19.1. The third kappa shape index (κ3) is 3.51. The van der Waals surface area contributed by atoms with Gasteiger partial charge in [0.1, 0.15) is 17.6 Å². The summed E-state index contributed by atoms with van der Waals surface area (Å²) in [7, 11) is 1.94. The number of morpholine rings is 1. The summed E-state index contributed by atoms with van der Waals surface area (Å²) in [5.74, 6) is -0.733. The number of nitrogens with zero attached hydrogens (tertiary/aromatic N) is 1. The third-order valence-corrected chi connectivity index (χ3v) is 3.76. The largest absolute Gasteiger partial charge is 0.381 e. The van der Waals surface area contributed by atoms with Gasteiger partial charge < -0.3 is 20.3 Å². The van der Waals surface area contributed by atoms with Gasteiger partial charge in [0.25, 0.3) is 5.91 Å². The van der Waals surface area contributed by atoms with Crippen LogP contribution in [0.4, 0.5) is 15.8 Å². The number of carbonyl (C=O) groups is 1. The van der Waals surface area contributed by atoms with Crippen molar-refractivity contribution in [1.29, 1.82) is 0 Å². The fraction of sp³-hybridized carbons (Fsp3) is 0.533. The van der Waals surface area contributed by atoms with Gasteiger partial charge in [0.2, 0.25) is 0 Å². The number of hydrogen-bond donors (Lipinski definition) is 2. The number of anilines is 2. The van der Waals surface area contributed by atoms with Crippen LogP contribution in [0.2, 0.25) is 0 Å². The molecule has 0 bridgehead atoms. The highest BCUT2D eigenvalue weighted by Crippen LogP contribution is 2.31. The lowest BCUT2D eigenvalue weighted by Gasteiger charge is -2.29. The van der Waals surface area contributed by atoms with Crippen molar-refractivity contribution in [1.82, 2.24) is 4.90 Å². The van der Waals surface area contributed by atoms with Crippen LogP contribution in [0.3, 0.4) is 0 Å². The monoisotopic (exact) mass is 293 g/mol. The molecule has 0 aromatic heterocycles. The van der Waals surface area contributed by atoms with E-state index < -0.39 is 11.9 Å². The van der Waals surface area contributed by atoms with E-state index in [0.717, 1.165) is 19.4 Å². The summed E-state index contributed by atoms with van der Waals surface area (Å²) in [6.07, 6.45) is 1.61. The van der Waals surface area contributed by atoms with Crippen molar-refractivity contribution in [3.8, 4) is 0 Å². The Morgan fingerprint density at radius 3 is 2.95 bits per heavy atom. The lowest BCUT2D eigenvalue weighted by Crippen LogP contribution is -2.46. The number of likely N-dealkylation sites (N-methyl/N-ethyl adjacent to an activating group) is 1. The van der Waals surface area contributed by atoms with Crippen molar-refractivity contribution in [2.75, 3.05) is 37.4 Å². The van der Waals surface area contributed by atoms with Crippen LogP contribution >= 0.6 is 0 Å². The smallest absolute Gasteiger partial charge is 0.254 e. The summed E-state index contributed by atoms with van der Waals surface area (Å²) >= 11 is 0. The predicted molar refractivity (Wildman–Crippen MR) is 78.9 cm³/mol. The minimum Gasteiger partial charge on any atom is -0.381 e. The molecule has 1 saturated carbocycles. The molecule has 1 aliphatic heterocycles. The Hall–Kier alpha value is -1.66. The van der Waals surface area contributed by atoms with Crippen molar-refractivity contribution in [2.24, 2.45) is 0 Å². The van der Waals surface area contributed by atoms with Gasteiger partial charge in [-0.05, 0) is 32.0 Å². The molecule has 114 valence electrons. The van der Waals surface area contributed by atoms with E-state index in [1.54, 1.807) is 12.1 Å². The SMILES string of the molecule is CN1CCO[C@H](C(=O)Nc2c(F)cccc2NC2CC2)C1. The summed E-state index contributed by atoms with van der Waals surface area (Å²) in [6.45, 7) is 1.84. The van der Waals surface area contributed by atoms with Gasteiger partial charge in [-0.15, -0.1) is 0 Å². The molecule has 0 unspecified atom stereocenters. The van der Waals surface area contributed by atoms with Gasteiger partial charge in [-0.2, -0.15) is 0 Å². The van der Waals surface area contributed by atoms with Crippen LogP contribution in [0.1, 0.15) is 12.8 Å². The number of hydrogen-bond acceptors (Lipinski definition) is 4. The molecule has 2 fully saturated rings. The van der Waals surface area contributed by atoms with E-state index in [2.05, 4.69) is 10.6 Å². The molecule has 1 aromatic carbocycles. The van der Waals surface area contributed by atoms with Crippen LogP contribution in [-0.2, 0) is 9.53 Å². The number of benzene rings is 1. The molecular formula is C15H20FN3O2. The quantitative estimate of drug-likeness (QED) is 0.886. The van der Waals surface area contributed by atoms with E-state index >= 15 is 0 Å². The van der Waals surface area contributed by atoms with Crippen LogP contribution in [0, 0.1) is 5.82 Å². The van der Waals surface area contributed by atoms with Crippen molar-refractivity contribution >= 4 is 17.3 Å². The Morgan fingerprint density at radius 2 is 2.24 bits per heavy atom. The number of halogens is 1. The second-order valence-corrected chi connectivity index (χ2v) is 5.69. The zero-order valence-electron chi connectivity index (χ0n) is 12.1. The molecule has 1 amide bonds.